The Morgan fingerprint density at radius 3 is 2.84 bits per heavy atom. The highest BCUT2D eigenvalue weighted by atomic mass is 16.1. The number of nitrogens with one attached hydrogen (secondary N) is 1. The first-order chi connectivity index (χ1) is 9.17. The van der Waals surface area contributed by atoms with Crippen molar-refractivity contribution in [2.24, 2.45) is 0 Å². The van der Waals surface area contributed by atoms with Gasteiger partial charge in [0.2, 0.25) is 5.91 Å². The lowest BCUT2D eigenvalue weighted by Crippen LogP contribution is -2.46. The first-order valence-corrected chi connectivity index (χ1v) is 6.66. The molecule has 1 saturated heterocycles. The number of nitrogens with zero attached hydrogens (tertiary/aromatic N) is 2. The van der Waals surface area contributed by atoms with Crippen LogP contribution in [0.1, 0.15) is 30.9 Å². The Kier molecular flexibility index (Phi) is 4.53. The van der Waals surface area contributed by atoms with Gasteiger partial charge in [0.15, 0.2) is 0 Å². The number of rotatable bonds is 3. The number of carbonyl (C=O) groups is 1. The van der Waals surface area contributed by atoms with E-state index in [-0.39, 0.29) is 11.9 Å². The van der Waals surface area contributed by atoms with Gasteiger partial charge in [-0.05, 0) is 37.1 Å². The van der Waals surface area contributed by atoms with E-state index in [1.165, 1.54) is 5.56 Å². The molecule has 1 atom stereocenters. The van der Waals surface area contributed by atoms with Crippen molar-refractivity contribution >= 4 is 5.91 Å². The van der Waals surface area contributed by atoms with Crippen LogP contribution in [0.2, 0.25) is 0 Å². The predicted molar refractivity (Wildman–Crippen MR) is 73.3 cm³/mol. The Hall–Kier alpha value is -1.86. The molecule has 19 heavy (non-hydrogen) atoms. The van der Waals surface area contributed by atoms with E-state index in [0.29, 0.717) is 5.56 Å². The monoisotopic (exact) mass is 257 g/mol. The Bertz CT molecular complexity index is 475. The molecule has 1 aliphatic heterocycles. The standard InChI is InChI=1S/C15H19N3O/c1-12(19)17-15-3-2-8-18(11-15)10-14-6-4-13(9-16)5-7-14/h4-7,15H,2-3,8,10-11H2,1H3,(H,17,19). The molecule has 1 heterocycles. The molecule has 0 radical (unpaired) electrons. The number of likely N-dealkylation sites (tertiary alicyclic amines) is 1. The molecule has 0 saturated carbocycles. The van der Waals surface area contributed by atoms with Crippen LogP contribution < -0.4 is 5.32 Å². The molecule has 1 unspecified atom stereocenters. The van der Waals surface area contributed by atoms with Gasteiger partial charge in [-0.2, -0.15) is 5.26 Å². The number of piperidine rings is 1. The number of benzene rings is 1. The van der Waals surface area contributed by atoms with Crippen LogP contribution in [-0.4, -0.2) is 29.9 Å². The highest BCUT2D eigenvalue weighted by Crippen LogP contribution is 2.14. The fourth-order valence-corrected chi connectivity index (χ4v) is 2.55. The van der Waals surface area contributed by atoms with E-state index in [2.05, 4.69) is 16.3 Å². The first-order valence-electron chi connectivity index (χ1n) is 6.66. The van der Waals surface area contributed by atoms with Crippen molar-refractivity contribution in [1.82, 2.24) is 10.2 Å². The van der Waals surface area contributed by atoms with E-state index in [1.54, 1.807) is 6.92 Å². The van der Waals surface area contributed by atoms with Crippen molar-refractivity contribution in [3.05, 3.63) is 35.4 Å². The van der Waals surface area contributed by atoms with Crippen LogP contribution in [0.15, 0.2) is 24.3 Å². The topological polar surface area (TPSA) is 56.1 Å². The Morgan fingerprint density at radius 2 is 2.21 bits per heavy atom. The summed E-state index contributed by atoms with van der Waals surface area (Å²) in [5.41, 5.74) is 1.90. The van der Waals surface area contributed by atoms with Gasteiger partial charge in [0.1, 0.15) is 0 Å². The molecule has 4 heteroatoms. The maximum atomic E-state index is 11.1. The largest absolute Gasteiger partial charge is 0.352 e. The normalized spacial score (nSPS) is 19.7. The molecule has 0 bridgehead atoms. The van der Waals surface area contributed by atoms with E-state index < -0.39 is 0 Å². The van der Waals surface area contributed by atoms with Crippen LogP contribution in [0, 0.1) is 11.3 Å². The van der Waals surface area contributed by atoms with Crippen molar-refractivity contribution in [2.45, 2.75) is 32.4 Å². The number of hydrogen-bond acceptors (Lipinski definition) is 3. The van der Waals surface area contributed by atoms with Crippen LogP contribution in [0.25, 0.3) is 0 Å². The van der Waals surface area contributed by atoms with Gasteiger partial charge in [-0.3, -0.25) is 9.69 Å². The Balaban J connectivity index is 1.91. The minimum absolute atomic E-state index is 0.0465. The summed E-state index contributed by atoms with van der Waals surface area (Å²) < 4.78 is 0. The van der Waals surface area contributed by atoms with Gasteiger partial charge in [-0.25, -0.2) is 0 Å². The van der Waals surface area contributed by atoms with Crippen molar-refractivity contribution in [3.63, 3.8) is 0 Å². The van der Waals surface area contributed by atoms with Crippen LogP contribution in [0.4, 0.5) is 0 Å². The molecule has 100 valence electrons. The molecule has 0 aliphatic carbocycles. The van der Waals surface area contributed by atoms with Crippen LogP contribution in [0.3, 0.4) is 0 Å². The van der Waals surface area contributed by atoms with Gasteiger partial charge in [-0.15, -0.1) is 0 Å². The van der Waals surface area contributed by atoms with Crippen molar-refractivity contribution in [3.8, 4) is 6.07 Å². The fraction of sp³-hybridized carbons (Fsp3) is 0.467. The molecule has 1 N–H and O–H groups in total. The molecule has 0 spiro atoms. The van der Waals surface area contributed by atoms with E-state index >= 15 is 0 Å². The molecule has 1 aliphatic rings. The maximum Gasteiger partial charge on any atom is 0.217 e. The van der Waals surface area contributed by atoms with E-state index in [4.69, 9.17) is 5.26 Å². The second-order valence-corrected chi connectivity index (χ2v) is 5.08. The van der Waals surface area contributed by atoms with Crippen molar-refractivity contribution in [2.75, 3.05) is 13.1 Å². The lowest BCUT2D eigenvalue weighted by atomic mass is 10.0. The highest BCUT2D eigenvalue weighted by Gasteiger charge is 2.20. The van der Waals surface area contributed by atoms with Crippen LogP contribution >= 0.6 is 0 Å². The molecule has 1 aromatic rings. The fourth-order valence-electron chi connectivity index (χ4n) is 2.55. The van der Waals surface area contributed by atoms with Gasteiger partial charge in [0.25, 0.3) is 0 Å². The predicted octanol–water partition coefficient (Wildman–Crippen LogP) is 1.66. The third-order valence-electron chi connectivity index (χ3n) is 3.40. The van der Waals surface area contributed by atoms with Gasteiger partial charge in [0.05, 0.1) is 11.6 Å². The zero-order chi connectivity index (χ0) is 13.7. The van der Waals surface area contributed by atoms with E-state index in [0.717, 1.165) is 32.5 Å². The summed E-state index contributed by atoms with van der Waals surface area (Å²) in [4.78, 5) is 13.4. The molecular weight excluding hydrogens is 238 g/mol. The molecule has 1 amide bonds. The molecule has 2 rings (SSSR count). The zero-order valence-corrected chi connectivity index (χ0v) is 11.2. The Morgan fingerprint density at radius 1 is 1.47 bits per heavy atom. The molecule has 1 aromatic carbocycles. The minimum Gasteiger partial charge on any atom is -0.352 e. The smallest absolute Gasteiger partial charge is 0.217 e. The maximum absolute atomic E-state index is 11.1. The molecule has 1 fully saturated rings. The summed E-state index contributed by atoms with van der Waals surface area (Å²) in [6.07, 6.45) is 2.17. The summed E-state index contributed by atoms with van der Waals surface area (Å²) in [6.45, 7) is 4.41. The lowest BCUT2D eigenvalue weighted by molar-refractivity contribution is -0.120. The molecule has 0 aromatic heterocycles. The van der Waals surface area contributed by atoms with Gasteiger partial charge < -0.3 is 5.32 Å². The van der Waals surface area contributed by atoms with Crippen molar-refractivity contribution < 1.29 is 4.79 Å². The third-order valence-corrected chi connectivity index (χ3v) is 3.40. The second kappa shape index (κ2) is 6.35. The summed E-state index contributed by atoms with van der Waals surface area (Å²) in [6, 6.07) is 10.1. The first kappa shape index (κ1) is 13.6. The second-order valence-electron chi connectivity index (χ2n) is 5.08. The highest BCUT2D eigenvalue weighted by molar-refractivity contribution is 5.73. The average Bonchev–Trinajstić information content (AvgIpc) is 2.39. The SMILES string of the molecule is CC(=O)NC1CCCN(Cc2ccc(C#N)cc2)C1. The van der Waals surface area contributed by atoms with E-state index in [9.17, 15) is 4.79 Å². The zero-order valence-electron chi connectivity index (χ0n) is 11.2. The summed E-state index contributed by atoms with van der Waals surface area (Å²) in [5, 5.41) is 11.8. The average molecular weight is 257 g/mol. The summed E-state index contributed by atoms with van der Waals surface area (Å²) in [7, 11) is 0. The molecule has 4 nitrogen and oxygen atoms in total. The summed E-state index contributed by atoms with van der Waals surface area (Å²) >= 11 is 0. The van der Waals surface area contributed by atoms with Crippen molar-refractivity contribution in [1.29, 1.82) is 5.26 Å². The number of hydrogen-bond donors (Lipinski definition) is 1. The van der Waals surface area contributed by atoms with Gasteiger partial charge in [-0.1, -0.05) is 12.1 Å². The van der Waals surface area contributed by atoms with Gasteiger partial charge in [0, 0.05) is 26.1 Å². The van der Waals surface area contributed by atoms with Crippen LogP contribution in [0.5, 0.6) is 0 Å². The van der Waals surface area contributed by atoms with Crippen LogP contribution in [-0.2, 0) is 11.3 Å². The third kappa shape index (κ3) is 4.08. The number of amides is 1. The quantitative estimate of drug-likeness (QED) is 0.896. The number of nitriles is 1. The lowest BCUT2D eigenvalue weighted by Gasteiger charge is -2.33. The number of carbonyl (C=O) groups excluding carboxylic acids is 1. The van der Waals surface area contributed by atoms with Gasteiger partial charge >= 0.3 is 0 Å². The minimum atomic E-state index is 0.0465. The summed E-state index contributed by atoms with van der Waals surface area (Å²) in [5.74, 6) is 0.0465. The molecular formula is C15H19N3O. The Labute approximate surface area is 114 Å². The van der Waals surface area contributed by atoms with E-state index in [1.807, 2.05) is 24.3 Å².